The minimum absolute atomic E-state index is 0.359. The summed E-state index contributed by atoms with van der Waals surface area (Å²) < 4.78 is 25.8. The van der Waals surface area contributed by atoms with Crippen molar-refractivity contribution in [1.82, 2.24) is 0 Å². The average molecular weight is 272 g/mol. The predicted octanol–water partition coefficient (Wildman–Crippen LogP) is 2.71. The van der Waals surface area contributed by atoms with Crippen LogP contribution in [-0.4, -0.2) is 29.9 Å². The number of rotatable bonds is 6. The monoisotopic (exact) mass is 272 g/mol. The van der Waals surface area contributed by atoms with Crippen molar-refractivity contribution in [2.45, 2.75) is 17.7 Å². The molecule has 0 aliphatic carbocycles. The highest BCUT2D eigenvalue weighted by Crippen LogP contribution is 2.28. The van der Waals surface area contributed by atoms with Gasteiger partial charge in [-0.2, -0.15) is 5.26 Å². The summed E-state index contributed by atoms with van der Waals surface area (Å²) in [6, 6.07) is 7.07. The lowest BCUT2D eigenvalue weighted by Crippen LogP contribution is -2.31. The molecule has 0 aliphatic rings. The summed E-state index contributed by atoms with van der Waals surface area (Å²) in [7, 11) is 0. The summed E-state index contributed by atoms with van der Waals surface area (Å²) in [5, 5.41) is 20.1. The molecule has 6 heteroatoms. The second kappa shape index (κ2) is 6.57. The highest BCUT2D eigenvalue weighted by atomic mass is 32.2. The van der Waals surface area contributed by atoms with Gasteiger partial charge in [-0.1, -0.05) is 13.0 Å². The topological polar surface area (TPSA) is 56.0 Å². The fraction of sp³-hybridized carbons (Fsp3) is 0.417. The van der Waals surface area contributed by atoms with Gasteiger partial charge in [0.1, 0.15) is 12.7 Å². The molecule has 0 fully saturated rings. The average Bonchev–Trinajstić information content (AvgIpc) is 2.37. The van der Waals surface area contributed by atoms with Gasteiger partial charge in [0.05, 0.1) is 17.8 Å². The maximum atomic E-state index is 12.9. The first-order valence-electron chi connectivity index (χ1n) is 5.42. The number of hydrogen-bond acceptors (Lipinski definition) is 4. The highest BCUT2D eigenvalue weighted by molar-refractivity contribution is 7.99. The maximum absolute atomic E-state index is 12.9. The number of nitrogens with one attached hydrogen (secondary N) is 1. The lowest BCUT2D eigenvalue weighted by molar-refractivity contribution is -0.0372. The molecule has 0 bridgehead atoms. The third-order valence-corrected chi connectivity index (χ3v) is 3.15. The highest BCUT2D eigenvalue weighted by Gasteiger charge is 2.27. The van der Waals surface area contributed by atoms with E-state index in [2.05, 4.69) is 5.32 Å². The molecule has 3 nitrogen and oxygen atoms in total. The smallest absolute Gasteiger partial charge is 0.287 e. The molecule has 0 aromatic heterocycles. The zero-order valence-corrected chi connectivity index (χ0v) is 10.7. The molecule has 0 aliphatic heterocycles. The number of benzene rings is 1. The Bertz CT molecular complexity index is 446. The van der Waals surface area contributed by atoms with Crippen molar-refractivity contribution < 1.29 is 13.9 Å². The minimum atomic E-state index is -3.19. The van der Waals surface area contributed by atoms with Gasteiger partial charge >= 0.3 is 0 Å². The van der Waals surface area contributed by atoms with Gasteiger partial charge in [-0.05, 0) is 17.9 Å². The number of halogens is 2. The van der Waals surface area contributed by atoms with Crippen LogP contribution in [0.1, 0.15) is 12.5 Å². The predicted molar refractivity (Wildman–Crippen MR) is 68.1 cm³/mol. The van der Waals surface area contributed by atoms with Crippen LogP contribution in [0.3, 0.4) is 0 Å². The Balaban J connectivity index is 2.89. The van der Waals surface area contributed by atoms with E-state index in [1.165, 1.54) is 11.8 Å². The van der Waals surface area contributed by atoms with Gasteiger partial charge in [0.25, 0.3) is 5.92 Å². The molecule has 0 atom stereocenters. The number of alkyl halides is 2. The number of hydrogen-bond donors (Lipinski definition) is 2. The van der Waals surface area contributed by atoms with Crippen molar-refractivity contribution >= 4 is 17.4 Å². The fourth-order valence-electron chi connectivity index (χ4n) is 1.35. The van der Waals surface area contributed by atoms with Gasteiger partial charge in [-0.15, -0.1) is 11.8 Å². The zero-order valence-electron chi connectivity index (χ0n) is 9.91. The number of aliphatic hydroxyl groups excluding tert-OH is 1. The molecule has 0 heterocycles. The molecule has 0 saturated carbocycles. The third kappa shape index (κ3) is 3.86. The van der Waals surface area contributed by atoms with Gasteiger partial charge in [-0.3, -0.25) is 0 Å². The van der Waals surface area contributed by atoms with Crippen LogP contribution in [-0.2, 0) is 0 Å². The van der Waals surface area contributed by atoms with Crippen LogP contribution in [0.5, 0.6) is 0 Å². The van der Waals surface area contributed by atoms with E-state index in [0.717, 1.165) is 10.6 Å². The minimum Gasteiger partial charge on any atom is -0.390 e. The molecule has 0 spiro atoms. The molecule has 18 heavy (non-hydrogen) atoms. The van der Waals surface area contributed by atoms with Gasteiger partial charge in [-0.25, -0.2) is 8.78 Å². The van der Waals surface area contributed by atoms with Crippen LogP contribution < -0.4 is 5.32 Å². The molecule has 1 rings (SSSR count). The Morgan fingerprint density at radius 1 is 1.50 bits per heavy atom. The Morgan fingerprint density at radius 2 is 2.22 bits per heavy atom. The number of nitrogens with zero attached hydrogens (tertiary/aromatic N) is 1. The van der Waals surface area contributed by atoms with Crippen molar-refractivity contribution in [3.63, 3.8) is 0 Å². The first-order chi connectivity index (χ1) is 8.54. The van der Waals surface area contributed by atoms with Gasteiger partial charge in [0.15, 0.2) is 0 Å². The van der Waals surface area contributed by atoms with Crippen LogP contribution >= 0.6 is 11.8 Å². The van der Waals surface area contributed by atoms with Crippen LogP contribution in [0.25, 0.3) is 0 Å². The summed E-state index contributed by atoms with van der Waals surface area (Å²) in [6.45, 7) is 0.0372. The van der Waals surface area contributed by atoms with Gasteiger partial charge < -0.3 is 10.4 Å². The van der Waals surface area contributed by atoms with Crippen molar-refractivity contribution in [2.24, 2.45) is 0 Å². The van der Waals surface area contributed by atoms with E-state index in [4.69, 9.17) is 10.4 Å². The molecular weight excluding hydrogens is 258 g/mol. The summed E-state index contributed by atoms with van der Waals surface area (Å²) >= 11 is 1.48. The molecule has 1 aromatic carbocycles. The Morgan fingerprint density at radius 3 is 2.78 bits per heavy atom. The van der Waals surface area contributed by atoms with Crippen molar-refractivity contribution in [1.29, 1.82) is 5.26 Å². The van der Waals surface area contributed by atoms with Gasteiger partial charge in [0, 0.05) is 4.90 Å². The Labute approximate surface area is 109 Å². The second-order valence-corrected chi connectivity index (χ2v) is 4.90. The summed E-state index contributed by atoms with van der Waals surface area (Å²) in [5.41, 5.74) is 0.724. The Hall–Kier alpha value is -1.32. The van der Waals surface area contributed by atoms with E-state index >= 15 is 0 Å². The Kier molecular flexibility index (Phi) is 5.38. The van der Waals surface area contributed by atoms with E-state index in [1.807, 2.05) is 13.0 Å². The van der Waals surface area contributed by atoms with E-state index in [0.29, 0.717) is 11.3 Å². The molecular formula is C12H14F2N2OS. The summed E-state index contributed by atoms with van der Waals surface area (Å²) in [6.07, 6.45) is 0. The quantitative estimate of drug-likeness (QED) is 0.782. The molecule has 0 saturated heterocycles. The standard InChI is InChI=1S/C12H14F2N2OS/c1-2-18-11-5-3-4-10(9(11)6-15)16-7-12(13,14)8-17/h3-5,16-17H,2,7-8H2,1H3. The summed E-state index contributed by atoms with van der Waals surface area (Å²) in [5.74, 6) is -2.40. The van der Waals surface area contributed by atoms with Crippen LogP contribution in [0.4, 0.5) is 14.5 Å². The lowest BCUT2D eigenvalue weighted by Gasteiger charge is -2.16. The lowest BCUT2D eigenvalue weighted by atomic mass is 10.2. The summed E-state index contributed by atoms with van der Waals surface area (Å²) in [4.78, 5) is 0.761. The first kappa shape index (κ1) is 14.7. The van der Waals surface area contributed by atoms with E-state index in [-0.39, 0.29) is 0 Å². The van der Waals surface area contributed by atoms with E-state index < -0.39 is 19.1 Å². The normalized spacial score (nSPS) is 11.1. The van der Waals surface area contributed by atoms with Crippen LogP contribution in [0.2, 0.25) is 0 Å². The van der Waals surface area contributed by atoms with E-state index in [1.54, 1.807) is 18.2 Å². The SMILES string of the molecule is CCSc1cccc(NCC(F)(F)CO)c1C#N. The molecule has 2 N–H and O–H groups in total. The second-order valence-electron chi connectivity index (χ2n) is 3.59. The van der Waals surface area contributed by atoms with Crippen molar-refractivity contribution in [3.05, 3.63) is 23.8 Å². The number of thioether (sulfide) groups is 1. The molecule has 0 unspecified atom stereocenters. The molecule has 0 radical (unpaired) electrons. The number of aliphatic hydroxyl groups is 1. The number of anilines is 1. The van der Waals surface area contributed by atoms with Crippen molar-refractivity contribution in [3.8, 4) is 6.07 Å². The molecule has 98 valence electrons. The molecule has 1 aromatic rings. The molecule has 0 amide bonds. The van der Waals surface area contributed by atoms with Crippen LogP contribution in [0, 0.1) is 11.3 Å². The van der Waals surface area contributed by atoms with E-state index in [9.17, 15) is 8.78 Å². The maximum Gasteiger partial charge on any atom is 0.287 e. The first-order valence-corrected chi connectivity index (χ1v) is 6.41. The largest absolute Gasteiger partial charge is 0.390 e. The number of nitriles is 1. The van der Waals surface area contributed by atoms with Gasteiger partial charge in [0.2, 0.25) is 0 Å². The van der Waals surface area contributed by atoms with Crippen LogP contribution in [0.15, 0.2) is 23.1 Å². The third-order valence-electron chi connectivity index (χ3n) is 2.21. The zero-order chi connectivity index (χ0) is 13.6. The van der Waals surface area contributed by atoms with Crippen molar-refractivity contribution in [2.75, 3.05) is 24.2 Å². The fourth-order valence-corrected chi connectivity index (χ4v) is 2.14.